The number of pyridine rings is 1. The molecule has 0 aliphatic rings. The van der Waals surface area contributed by atoms with Crippen molar-refractivity contribution >= 4 is 23.4 Å². The Morgan fingerprint density at radius 2 is 1.95 bits per heavy atom. The van der Waals surface area contributed by atoms with Crippen LogP contribution in [0.15, 0.2) is 60.5 Å². The fraction of sp³-hybridized carbons (Fsp3) is 0.0625. The van der Waals surface area contributed by atoms with Gasteiger partial charge in [-0.05, 0) is 35.4 Å². The van der Waals surface area contributed by atoms with Crippen LogP contribution in [0, 0.1) is 0 Å². The Labute approximate surface area is 122 Å². The van der Waals surface area contributed by atoms with Gasteiger partial charge in [0, 0.05) is 13.2 Å². The molecule has 0 atom stereocenters. The number of rotatable bonds is 5. The van der Waals surface area contributed by atoms with Gasteiger partial charge in [-0.3, -0.25) is 9.99 Å². The van der Waals surface area contributed by atoms with Crippen molar-refractivity contribution in [1.29, 1.82) is 0 Å². The molecule has 5 nitrogen and oxygen atoms in total. The minimum Gasteiger partial charge on any atom is -0.478 e. The van der Waals surface area contributed by atoms with E-state index in [-0.39, 0.29) is 5.56 Å². The predicted molar refractivity (Wildman–Crippen MR) is 83.6 cm³/mol. The Kier molecular flexibility index (Phi) is 4.46. The molecule has 1 aromatic carbocycles. The number of aromatic nitrogens is 1. The zero-order chi connectivity index (χ0) is 15.2. The largest absolute Gasteiger partial charge is 0.478 e. The van der Waals surface area contributed by atoms with E-state index in [9.17, 15) is 4.79 Å². The van der Waals surface area contributed by atoms with Gasteiger partial charge in [0.2, 0.25) is 0 Å². The highest BCUT2D eigenvalue weighted by molar-refractivity contribution is 6.09. The van der Waals surface area contributed by atoms with Crippen molar-refractivity contribution in [1.82, 2.24) is 4.98 Å². The number of hydrogen-bond acceptors (Lipinski definition) is 4. The predicted octanol–water partition coefficient (Wildman–Crippen LogP) is 2.92. The molecule has 0 unspecified atom stereocenters. The summed E-state index contributed by atoms with van der Waals surface area (Å²) in [6, 6.07) is 10.2. The molecule has 1 N–H and O–H groups in total. The maximum Gasteiger partial charge on any atom is 0.335 e. The summed E-state index contributed by atoms with van der Waals surface area (Å²) in [6.45, 7) is 3.93. The third-order valence-corrected chi connectivity index (χ3v) is 2.91. The SMILES string of the molecule is C=C(/C=N\N(C)c1cccnc1)c1ccc(C(=O)O)cc1. The van der Waals surface area contributed by atoms with Crippen LogP contribution in [0.25, 0.3) is 5.57 Å². The maximum atomic E-state index is 10.8. The lowest BCUT2D eigenvalue weighted by Crippen LogP contribution is -2.08. The molecule has 0 spiro atoms. The highest BCUT2D eigenvalue weighted by Gasteiger charge is 2.03. The van der Waals surface area contributed by atoms with Crippen LogP contribution in [0.5, 0.6) is 0 Å². The lowest BCUT2D eigenvalue weighted by molar-refractivity contribution is 0.0697. The number of hydrazone groups is 1. The number of carboxylic acid groups (broad SMARTS) is 1. The number of nitrogens with zero attached hydrogens (tertiary/aromatic N) is 3. The van der Waals surface area contributed by atoms with Gasteiger partial charge >= 0.3 is 5.97 Å². The van der Waals surface area contributed by atoms with Crippen molar-refractivity contribution in [2.75, 3.05) is 12.1 Å². The maximum absolute atomic E-state index is 10.8. The Balaban J connectivity index is 2.07. The van der Waals surface area contributed by atoms with Crippen LogP contribution in [0.1, 0.15) is 15.9 Å². The number of anilines is 1. The number of aromatic carboxylic acids is 1. The molecule has 0 radical (unpaired) electrons. The second-order valence-electron chi connectivity index (χ2n) is 4.39. The van der Waals surface area contributed by atoms with Crippen molar-refractivity contribution in [3.63, 3.8) is 0 Å². The Morgan fingerprint density at radius 1 is 1.29 bits per heavy atom. The lowest BCUT2D eigenvalue weighted by atomic mass is 10.1. The molecule has 106 valence electrons. The average Bonchev–Trinajstić information content (AvgIpc) is 2.53. The Hall–Kier alpha value is -2.95. The van der Waals surface area contributed by atoms with E-state index >= 15 is 0 Å². The molecule has 0 saturated heterocycles. The molecule has 2 rings (SSSR count). The van der Waals surface area contributed by atoms with Gasteiger partial charge in [0.1, 0.15) is 0 Å². The zero-order valence-corrected chi connectivity index (χ0v) is 11.6. The summed E-state index contributed by atoms with van der Waals surface area (Å²) in [4.78, 5) is 14.8. The minimum atomic E-state index is -0.947. The summed E-state index contributed by atoms with van der Waals surface area (Å²) >= 11 is 0. The van der Waals surface area contributed by atoms with Gasteiger partial charge in [0.15, 0.2) is 0 Å². The number of carbonyl (C=O) groups is 1. The smallest absolute Gasteiger partial charge is 0.335 e. The first-order valence-corrected chi connectivity index (χ1v) is 6.28. The standard InChI is InChI=1S/C16H15N3O2/c1-12(13-5-7-14(8-6-13)16(20)21)10-18-19(2)15-4-3-9-17-11-15/h3-11H,1H2,2H3,(H,20,21)/b18-10-. The van der Waals surface area contributed by atoms with E-state index in [0.717, 1.165) is 11.3 Å². The molecule has 5 heteroatoms. The Morgan fingerprint density at radius 3 is 2.52 bits per heavy atom. The topological polar surface area (TPSA) is 65.8 Å². The van der Waals surface area contributed by atoms with E-state index in [1.54, 1.807) is 47.9 Å². The van der Waals surface area contributed by atoms with Crippen LogP contribution in [-0.4, -0.2) is 29.3 Å². The molecule has 0 fully saturated rings. The minimum absolute atomic E-state index is 0.246. The molecule has 0 aliphatic carbocycles. The number of carboxylic acids is 1. The third kappa shape index (κ3) is 3.76. The number of allylic oxidation sites excluding steroid dienone is 1. The second kappa shape index (κ2) is 6.47. The summed E-state index contributed by atoms with van der Waals surface area (Å²) in [6.07, 6.45) is 5.04. The van der Waals surface area contributed by atoms with E-state index in [4.69, 9.17) is 5.11 Å². The third-order valence-electron chi connectivity index (χ3n) is 2.91. The van der Waals surface area contributed by atoms with Crippen molar-refractivity contribution in [2.24, 2.45) is 5.10 Å². The molecular weight excluding hydrogens is 266 g/mol. The average molecular weight is 281 g/mol. The fourth-order valence-corrected chi connectivity index (χ4v) is 1.67. The molecule has 0 aliphatic heterocycles. The first kappa shape index (κ1) is 14.5. The van der Waals surface area contributed by atoms with E-state index in [1.165, 1.54) is 0 Å². The first-order chi connectivity index (χ1) is 10.1. The van der Waals surface area contributed by atoms with Crippen LogP contribution in [-0.2, 0) is 0 Å². The van der Waals surface area contributed by atoms with E-state index in [0.29, 0.717) is 5.57 Å². The van der Waals surface area contributed by atoms with Crippen molar-refractivity contribution in [3.05, 3.63) is 66.5 Å². The summed E-state index contributed by atoms with van der Waals surface area (Å²) < 4.78 is 0. The first-order valence-electron chi connectivity index (χ1n) is 6.28. The van der Waals surface area contributed by atoms with Crippen LogP contribution in [0.2, 0.25) is 0 Å². The van der Waals surface area contributed by atoms with Gasteiger partial charge in [-0.1, -0.05) is 18.7 Å². The van der Waals surface area contributed by atoms with Gasteiger partial charge in [0.25, 0.3) is 0 Å². The summed E-state index contributed by atoms with van der Waals surface area (Å²) in [5.41, 5.74) is 2.63. The summed E-state index contributed by atoms with van der Waals surface area (Å²) in [5, 5.41) is 14.8. The van der Waals surface area contributed by atoms with E-state index in [2.05, 4.69) is 16.7 Å². The van der Waals surface area contributed by atoms with Crippen LogP contribution < -0.4 is 5.01 Å². The van der Waals surface area contributed by atoms with Crippen LogP contribution in [0.4, 0.5) is 5.69 Å². The Bertz CT molecular complexity index is 664. The number of benzene rings is 1. The highest BCUT2D eigenvalue weighted by Crippen LogP contribution is 2.14. The summed E-state index contributed by atoms with van der Waals surface area (Å²) in [5.74, 6) is -0.947. The quantitative estimate of drug-likeness (QED) is 0.676. The molecule has 0 amide bonds. The van der Waals surface area contributed by atoms with Gasteiger partial charge in [-0.25, -0.2) is 4.79 Å². The zero-order valence-electron chi connectivity index (χ0n) is 11.6. The van der Waals surface area contributed by atoms with Gasteiger partial charge in [-0.2, -0.15) is 5.10 Å². The van der Waals surface area contributed by atoms with Crippen molar-refractivity contribution in [2.45, 2.75) is 0 Å². The molecule has 1 heterocycles. The molecule has 0 saturated carbocycles. The monoisotopic (exact) mass is 281 g/mol. The summed E-state index contributed by atoms with van der Waals surface area (Å²) in [7, 11) is 1.81. The van der Waals surface area contributed by atoms with Gasteiger partial charge in [-0.15, -0.1) is 0 Å². The van der Waals surface area contributed by atoms with Crippen molar-refractivity contribution in [3.8, 4) is 0 Å². The van der Waals surface area contributed by atoms with Crippen molar-refractivity contribution < 1.29 is 9.90 Å². The number of hydrogen-bond donors (Lipinski definition) is 1. The molecular formula is C16H15N3O2. The van der Waals surface area contributed by atoms with Crippen LogP contribution in [0.3, 0.4) is 0 Å². The highest BCUT2D eigenvalue weighted by atomic mass is 16.4. The van der Waals surface area contributed by atoms with E-state index in [1.807, 2.05) is 19.2 Å². The molecule has 2 aromatic rings. The van der Waals surface area contributed by atoms with Gasteiger partial charge in [0.05, 0.1) is 23.7 Å². The van der Waals surface area contributed by atoms with Crippen LogP contribution >= 0.6 is 0 Å². The van der Waals surface area contributed by atoms with E-state index < -0.39 is 5.97 Å². The normalized spacial score (nSPS) is 10.5. The lowest BCUT2D eigenvalue weighted by Gasteiger charge is -2.12. The fourth-order valence-electron chi connectivity index (χ4n) is 1.67. The molecule has 1 aromatic heterocycles. The second-order valence-corrected chi connectivity index (χ2v) is 4.39. The molecule has 21 heavy (non-hydrogen) atoms. The molecule has 0 bridgehead atoms. The van der Waals surface area contributed by atoms with Gasteiger partial charge < -0.3 is 5.11 Å².